The van der Waals surface area contributed by atoms with Crippen LogP contribution in [0, 0.1) is 5.41 Å². The Hall–Kier alpha value is -0.530. The number of rotatable bonds is 1. The van der Waals surface area contributed by atoms with E-state index >= 15 is 0 Å². The molecule has 1 rings (SSSR count). The molecule has 1 aliphatic rings. The Morgan fingerprint density at radius 3 is 2.18 bits per heavy atom. The summed E-state index contributed by atoms with van der Waals surface area (Å²) in [6.45, 7) is 5.84. The normalized spacial score (nSPS) is 19.2. The lowest BCUT2D eigenvalue weighted by atomic mass is 9.90. The maximum atomic E-state index is 11.4. The lowest BCUT2D eigenvalue weighted by Crippen LogP contribution is -2.44. The molecule has 0 spiro atoms. The van der Waals surface area contributed by atoms with Crippen LogP contribution in [-0.2, 0) is 4.79 Å². The van der Waals surface area contributed by atoms with Gasteiger partial charge in [-0.3, -0.25) is 4.79 Å². The first-order valence-electron chi connectivity index (χ1n) is 4.31. The van der Waals surface area contributed by atoms with E-state index in [1.807, 2.05) is 20.8 Å². The molecule has 0 bridgehead atoms. The van der Waals surface area contributed by atoms with Gasteiger partial charge in [0.25, 0.3) is 0 Å². The van der Waals surface area contributed by atoms with Crippen LogP contribution in [0.4, 0.5) is 0 Å². The van der Waals surface area contributed by atoms with E-state index in [0.717, 1.165) is 0 Å². The molecule has 11 heavy (non-hydrogen) atoms. The molecule has 0 saturated heterocycles. The minimum absolute atomic E-state index is 0.183. The quantitative estimate of drug-likeness (QED) is 0.613. The van der Waals surface area contributed by atoms with Crippen molar-refractivity contribution in [3.05, 3.63) is 0 Å². The molecular formula is C9H17NO. The Kier molecular flexibility index (Phi) is 2.21. The third kappa shape index (κ3) is 2.21. The number of amides is 1. The second-order valence-corrected chi connectivity index (χ2v) is 4.35. The molecule has 64 valence electrons. The summed E-state index contributed by atoms with van der Waals surface area (Å²) in [7, 11) is 0. The van der Waals surface area contributed by atoms with E-state index in [1.165, 1.54) is 19.3 Å². The number of hydrogen-bond donors (Lipinski definition) is 1. The highest BCUT2D eigenvalue weighted by Gasteiger charge is 2.26. The summed E-state index contributed by atoms with van der Waals surface area (Å²) in [5.74, 6) is 0.183. The standard InChI is InChI=1S/C9H17NO/c1-9(2,3)8(11)10-7-5-4-6-7/h7H,4-6H2,1-3H3,(H,10,11). The average Bonchev–Trinajstić information content (AvgIpc) is 1.75. The maximum Gasteiger partial charge on any atom is 0.225 e. The number of carbonyl (C=O) groups excluding carboxylic acids is 1. The van der Waals surface area contributed by atoms with Crippen LogP contribution >= 0.6 is 0 Å². The smallest absolute Gasteiger partial charge is 0.225 e. The van der Waals surface area contributed by atoms with Gasteiger partial charge in [0.1, 0.15) is 0 Å². The van der Waals surface area contributed by atoms with Crippen LogP contribution in [0.25, 0.3) is 0 Å². The zero-order valence-electron chi connectivity index (χ0n) is 7.61. The summed E-state index contributed by atoms with van der Waals surface area (Å²) in [5.41, 5.74) is -0.227. The molecule has 0 aromatic rings. The molecule has 1 fully saturated rings. The summed E-state index contributed by atoms with van der Waals surface area (Å²) < 4.78 is 0. The fourth-order valence-electron chi connectivity index (χ4n) is 0.954. The van der Waals surface area contributed by atoms with Gasteiger partial charge in [0, 0.05) is 11.5 Å². The predicted molar refractivity (Wildman–Crippen MR) is 45.2 cm³/mol. The van der Waals surface area contributed by atoms with Crippen molar-refractivity contribution in [2.45, 2.75) is 46.1 Å². The van der Waals surface area contributed by atoms with E-state index in [2.05, 4.69) is 5.32 Å². The first kappa shape index (κ1) is 8.57. The van der Waals surface area contributed by atoms with Gasteiger partial charge >= 0.3 is 0 Å². The molecule has 1 amide bonds. The molecule has 0 aromatic heterocycles. The van der Waals surface area contributed by atoms with E-state index in [-0.39, 0.29) is 11.3 Å². The number of hydrogen-bond acceptors (Lipinski definition) is 1. The second-order valence-electron chi connectivity index (χ2n) is 4.35. The van der Waals surface area contributed by atoms with Crippen LogP contribution < -0.4 is 5.32 Å². The summed E-state index contributed by atoms with van der Waals surface area (Å²) >= 11 is 0. The lowest BCUT2D eigenvalue weighted by molar-refractivity contribution is -0.129. The second kappa shape index (κ2) is 2.84. The number of carbonyl (C=O) groups is 1. The summed E-state index contributed by atoms with van der Waals surface area (Å²) in [6, 6.07) is 0.474. The SMILES string of the molecule is CC(C)(C)C(=O)NC1CCC1. The molecule has 0 atom stereocenters. The highest BCUT2D eigenvalue weighted by Crippen LogP contribution is 2.20. The van der Waals surface area contributed by atoms with E-state index in [9.17, 15) is 4.79 Å². The van der Waals surface area contributed by atoms with Crippen LogP contribution in [0.3, 0.4) is 0 Å². The van der Waals surface area contributed by atoms with Gasteiger partial charge < -0.3 is 5.32 Å². The Labute approximate surface area is 68.4 Å². The van der Waals surface area contributed by atoms with E-state index in [1.54, 1.807) is 0 Å². The van der Waals surface area contributed by atoms with Crippen LogP contribution in [0.5, 0.6) is 0 Å². The van der Waals surface area contributed by atoms with Crippen molar-refractivity contribution < 1.29 is 4.79 Å². The average molecular weight is 155 g/mol. The van der Waals surface area contributed by atoms with Gasteiger partial charge in [0.2, 0.25) is 5.91 Å². The molecule has 0 heterocycles. The minimum Gasteiger partial charge on any atom is -0.353 e. The van der Waals surface area contributed by atoms with Crippen LogP contribution in [-0.4, -0.2) is 11.9 Å². The van der Waals surface area contributed by atoms with Crippen molar-refractivity contribution in [1.82, 2.24) is 5.32 Å². The zero-order chi connectivity index (χ0) is 8.48. The largest absolute Gasteiger partial charge is 0.353 e. The van der Waals surface area contributed by atoms with Gasteiger partial charge in [0.15, 0.2) is 0 Å². The highest BCUT2D eigenvalue weighted by atomic mass is 16.2. The van der Waals surface area contributed by atoms with E-state index in [0.29, 0.717) is 6.04 Å². The van der Waals surface area contributed by atoms with Crippen molar-refractivity contribution in [1.29, 1.82) is 0 Å². The molecule has 0 aliphatic heterocycles. The van der Waals surface area contributed by atoms with Gasteiger partial charge in [-0.15, -0.1) is 0 Å². The van der Waals surface area contributed by atoms with Crippen molar-refractivity contribution in [2.75, 3.05) is 0 Å². The molecule has 0 radical (unpaired) electrons. The molecule has 2 nitrogen and oxygen atoms in total. The van der Waals surface area contributed by atoms with Gasteiger partial charge in [-0.25, -0.2) is 0 Å². The first-order valence-corrected chi connectivity index (χ1v) is 4.31. The first-order chi connectivity index (χ1) is 5.00. The predicted octanol–water partition coefficient (Wildman–Crippen LogP) is 1.70. The molecule has 2 heteroatoms. The topological polar surface area (TPSA) is 29.1 Å². The van der Waals surface area contributed by atoms with Gasteiger partial charge in [-0.05, 0) is 19.3 Å². The summed E-state index contributed by atoms with van der Waals surface area (Å²) in [5, 5.41) is 3.02. The fourth-order valence-corrected chi connectivity index (χ4v) is 0.954. The van der Waals surface area contributed by atoms with E-state index in [4.69, 9.17) is 0 Å². The highest BCUT2D eigenvalue weighted by molar-refractivity contribution is 5.81. The maximum absolute atomic E-state index is 11.4. The lowest BCUT2D eigenvalue weighted by Gasteiger charge is -2.29. The Bertz CT molecular complexity index is 153. The Morgan fingerprint density at radius 1 is 1.36 bits per heavy atom. The van der Waals surface area contributed by atoms with Gasteiger partial charge in [0.05, 0.1) is 0 Å². The van der Waals surface area contributed by atoms with Crippen molar-refractivity contribution >= 4 is 5.91 Å². The number of nitrogens with one attached hydrogen (secondary N) is 1. The van der Waals surface area contributed by atoms with E-state index < -0.39 is 0 Å². The Morgan fingerprint density at radius 2 is 1.91 bits per heavy atom. The third-order valence-electron chi connectivity index (χ3n) is 2.12. The Balaban J connectivity index is 2.30. The fraction of sp³-hybridized carbons (Fsp3) is 0.889. The third-order valence-corrected chi connectivity index (χ3v) is 2.12. The molecule has 0 unspecified atom stereocenters. The molecule has 0 aromatic carbocycles. The van der Waals surface area contributed by atoms with Crippen molar-refractivity contribution in [2.24, 2.45) is 5.41 Å². The van der Waals surface area contributed by atoms with Gasteiger partial charge in [-0.2, -0.15) is 0 Å². The van der Waals surface area contributed by atoms with Crippen LogP contribution in [0.1, 0.15) is 40.0 Å². The molecular weight excluding hydrogens is 138 g/mol. The molecule has 1 saturated carbocycles. The van der Waals surface area contributed by atoms with Gasteiger partial charge in [-0.1, -0.05) is 20.8 Å². The minimum atomic E-state index is -0.227. The van der Waals surface area contributed by atoms with Crippen LogP contribution in [0.15, 0.2) is 0 Å². The van der Waals surface area contributed by atoms with Crippen LogP contribution in [0.2, 0.25) is 0 Å². The summed E-state index contributed by atoms with van der Waals surface area (Å²) in [4.78, 5) is 11.4. The zero-order valence-corrected chi connectivity index (χ0v) is 7.61. The molecule has 1 N–H and O–H groups in total. The van der Waals surface area contributed by atoms with Crippen molar-refractivity contribution in [3.63, 3.8) is 0 Å². The van der Waals surface area contributed by atoms with Crippen molar-refractivity contribution in [3.8, 4) is 0 Å². The monoisotopic (exact) mass is 155 g/mol. The molecule has 1 aliphatic carbocycles. The summed E-state index contributed by atoms with van der Waals surface area (Å²) in [6.07, 6.45) is 3.61.